The molecule has 1 aliphatic heterocycles. The number of carbonyl (C=O) groups excluding carboxylic acids is 2. The number of Topliss-reactive ketones (excluding diaryl/α,β-unsaturated/α-hetero) is 1. The highest BCUT2D eigenvalue weighted by atomic mass is 16.5. The van der Waals surface area contributed by atoms with Crippen LogP contribution in [0.25, 0.3) is 5.69 Å². The van der Waals surface area contributed by atoms with Gasteiger partial charge in [0, 0.05) is 6.54 Å². The fourth-order valence-electron chi connectivity index (χ4n) is 3.22. The normalized spacial score (nSPS) is 20.6. The van der Waals surface area contributed by atoms with Gasteiger partial charge < -0.3 is 9.64 Å². The third kappa shape index (κ3) is 3.22. The first-order valence-corrected chi connectivity index (χ1v) is 8.48. The second kappa shape index (κ2) is 6.80. The number of amides is 1. The van der Waals surface area contributed by atoms with E-state index < -0.39 is 11.7 Å². The lowest BCUT2D eigenvalue weighted by Gasteiger charge is -2.36. The molecule has 0 saturated carbocycles. The first-order chi connectivity index (χ1) is 11.9. The molecule has 0 radical (unpaired) electrons. The van der Waals surface area contributed by atoms with Crippen LogP contribution in [0.15, 0.2) is 30.3 Å². The molecule has 3 rings (SSSR count). The summed E-state index contributed by atoms with van der Waals surface area (Å²) in [6.07, 6.45) is -0.0674. The van der Waals surface area contributed by atoms with Gasteiger partial charge >= 0.3 is 0 Å². The highest BCUT2D eigenvalue weighted by Crippen LogP contribution is 2.20. The number of hydrogen-bond acceptors (Lipinski definition) is 4. The van der Waals surface area contributed by atoms with Gasteiger partial charge in [0.2, 0.25) is 0 Å². The molecule has 0 unspecified atom stereocenters. The number of ether oxygens (including phenoxy) is 1. The second-order valence-electron chi connectivity index (χ2n) is 6.57. The van der Waals surface area contributed by atoms with E-state index in [1.807, 2.05) is 51.1 Å². The van der Waals surface area contributed by atoms with Crippen molar-refractivity contribution >= 4 is 11.7 Å². The maximum atomic E-state index is 12.9. The molecule has 2 heterocycles. The summed E-state index contributed by atoms with van der Waals surface area (Å²) in [6.45, 7) is 8.25. The van der Waals surface area contributed by atoms with Crippen molar-refractivity contribution in [1.29, 1.82) is 0 Å². The van der Waals surface area contributed by atoms with Crippen molar-refractivity contribution in [2.45, 2.75) is 39.8 Å². The first-order valence-electron chi connectivity index (χ1n) is 8.48. The van der Waals surface area contributed by atoms with Crippen LogP contribution in [0, 0.1) is 13.8 Å². The highest BCUT2D eigenvalue weighted by Gasteiger charge is 2.34. The Hall–Kier alpha value is -2.47. The highest BCUT2D eigenvalue weighted by molar-refractivity contribution is 6.43. The number of carbonyl (C=O) groups is 2. The smallest absolute Gasteiger partial charge is 0.295 e. The molecular formula is C19H23N3O3. The Labute approximate surface area is 147 Å². The van der Waals surface area contributed by atoms with Gasteiger partial charge in [-0.2, -0.15) is 5.10 Å². The molecule has 1 saturated heterocycles. The fourth-order valence-corrected chi connectivity index (χ4v) is 3.22. The average molecular weight is 341 g/mol. The molecule has 1 aromatic carbocycles. The van der Waals surface area contributed by atoms with Gasteiger partial charge in [-0.15, -0.1) is 0 Å². The van der Waals surface area contributed by atoms with Gasteiger partial charge in [-0.05, 0) is 39.8 Å². The Kier molecular flexibility index (Phi) is 4.72. The van der Waals surface area contributed by atoms with Crippen LogP contribution in [0.1, 0.15) is 35.6 Å². The zero-order valence-electron chi connectivity index (χ0n) is 15.0. The lowest BCUT2D eigenvalue weighted by Crippen LogP contribution is -2.52. The van der Waals surface area contributed by atoms with Crippen molar-refractivity contribution in [1.82, 2.24) is 14.7 Å². The Balaban J connectivity index is 1.92. The Bertz CT molecular complexity index is 798. The van der Waals surface area contributed by atoms with Crippen LogP contribution in [0.4, 0.5) is 0 Å². The molecule has 1 amide bonds. The molecule has 25 heavy (non-hydrogen) atoms. The Morgan fingerprint density at radius 2 is 1.84 bits per heavy atom. The molecule has 1 aromatic heterocycles. The van der Waals surface area contributed by atoms with Gasteiger partial charge in [0.25, 0.3) is 11.7 Å². The van der Waals surface area contributed by atoms with Crippen molar-refractivity contribution < 1.29 is 14.3 Å². The van der Waals surface area contributed by atoms with Crippen LogP contribution in [0.5, 0.6) is 0 Å². The number of rotatable bonds is 3. The van der Waals surface area contributed by atoms with Gasteiger partial charge in [-0.25, -0.2) is 4.68 Å². The largest absolute Gasteiger partial charge is 0.375 e. The number of aromatic nitrogens is 2. The zero-order chi connectivity index (χ0) is 18.1. The van der Waals surface area contributed by atoms with Crippen LogP contribution in [-0.2, 0) is 9.53 Å². The monoisotopic (exact) mass is 341 g/mol. The summed E-state index contributed by atoms with van der Waals surface area (Å²) in [5.41, 5.74) is 2.49. The number of nitrogens with zero attached hydrogens (tertiary/aromatic N) is 3. The van der Waals surface area contributed by atoms with Crippen LogP contribution >= 0.6 is 0 Å². The molecule has 0 N–H and O–H groups in total. The van der Waals surface area contributed by atoms with Crippen LogP contribution in [0.3, 0.4) is 0 Å². The van der Waals surface area contributed by atoms with Crippen molar-refractivity contribution in [3.05, 3.63) is 47.3 Å². The SMILES string of the molecule is Cc1nn(-c2ccccc2)c(C)c1C(=O)C(=O)N1C[C@H](C)OC[C@@H]1C. The van der Waals surface area contributed by atoms with Crippen LogP contribution in [-0.4, -0.2) is 51.7 Å². The number of para-hydroxylation sites is 1. The quantitative estimate of drug-likeness (QED) is 0.635. The molecule has 6 heteroatoms. The number of benzene rings is 1. The molecule has 2 aromatic rings. The van der Waals surface area contributed by atoms with E-state index >= 15 is 0 Å². The fraction of sp³-hybridized carbons (Fsp3) is 0.421. The van der Waals surface area contributed by atoms with E-state index in [-0.39, 0.29) is 12.1 Å². The summed E-state index contributed by atoms with van der Waals surface area (Å²) < 4.78 is 7.25. The average Bonchev–Trinajstić information content (AvgIpc) is 2.91. The maximum Gasteiger partial charge on any atom is 0.295 e. The van der Waals surface area contributed by atoms with E-state index in [0.717, 1.165) is 5.69 Å². The third-order valence-corrected chi connectivity index (χ3v) is 4.58. The summed E-state index contributed by atoms with van der Waals surface area (Å²) in [7, 11) is 0. The summed E-state index contributed by atoms with van der Waals surface area (Å²) in [4.78, 5) is 27.3. The summed E-state index contributed by atoms with van der Waals surface area (Å²) in [6, 6.07) is 9.47. The summed E-state index contributed by atoms with van der Waals surface area (Å²) in [5.74, 6) is -0.986. The molecule has 2 atom stereocenters. The topological polar surface area (TPSA) is 64.4 Å². The lowest BCUT2D eigenvalue weighted by molar-refractivity contribution is -0.138. The van der Waals surface area contributed by atoms with E-state index in [0.29, 0.717) is 30.1 Å². The van der Waals surface area contributed by atoms with Crippen LogP contribution in [0.2, 0.25) is 0 Å². The Morgan fingerprint density at radius 1 is 1.16 bits per heavy atom. The third-order valence-electron chi connectivity index (χ3n) is 4.58. The summed E-state index contributed by atoms with van der Waals surface area (Å²) >= 11 is 0. The minimum Gasteiger partial charge on any atom is -0.375 e. The number of hydrogen-bond donors (Lipinski definition) is 0. The molecule has 0 spiro atoms. The standard InChI is InChI=1S/C19H23N3O3/c1-12-11-25-13(2)10-21(12)19(24)18(23)17-14(3)20-22(15(17)4)16-8-6-5-7-9-16/h5-9,12-13H,10-11H2,1-4H3/t12-,13-/m0/s1. The van der Waals surface area contributed by atoms with Crippen LogP contribution < -0.4 is 0 Å². The molecule has 0 bridgehead atoms. The van der Waals surface area contributed by atoms with Gasteiger partial charge in [0.15, 0.2) is 0 Å². The van der Waals surface area contributed by atoms with Gasteiger partial charge in [-0.1, -0.05) is 18.2 Å². The molecule has 0 aliphatic carbocycles. The Morgan fingerprint density at radius 3 is 2.52 bits per heavy atom. The van der Waals surface area contributed by atoms with Gasteiger partial charge in [0.05, 0.1) is 41.4 Å². The minimum absolute atomic E-state index is 0.0674. The predicted octanol–water partition coefficient (Wildman–Crippen LogP) is 2.31. The van der Waals surface area contributed by atoms with Crippen molar-refractivity contribution in [3.8, 4) is 5.69 Å². The van der Waals surface area contributed by atoms with E-state index in [1.54, 1.807) is 16.5 Å². The zero-order valence-corrected chi connectivity index (χ0v) is 15.0. The van der Waals surface area contributed by atoms with Crippen molar-refractivity contribution in [2.24, 2.45) is 0 Å². The maximum absolute atomic E-state index is 12.9. The lowest BCUT2D eigenvalue weighted by atomic mass is 10.1. The number of aryl methyl sites for hydroxylation is 1. The van der Waals surface area contributed by atoms with E-state index in [4.69, 9.17) is 4.74 Å². The molecule has 1 fully saturated rings. The minimum atomic E-state index is -0.502. The number of ketones is 1. The van der Waals surface area contributed by atoms with E-state index in [2.05, 4.69) is 5.10 Å². The molecule has 1 aliphatic rings. The van der Waals surface area contributed by atoms with Gasteiger partial charge in [0.1, 0.15) is 0 Å². The molecule has 132 valence electrons. The number of morpholine rings is 1. The first kappa shape index (κ1) is 17.4. The molecular weight excluding hydrogens is 318 g/mol. The second-order valence-corrected chi connectivity index (χ2v) is 6.57. The van der Waals surface area contributed by atoms with Crippen molar-refractivity contribution in [2.75, 3.05) is 13.2 Å². The van der Waals surface area contributed by atoms with Crippen molar-refractivity contribution in [3.63, 3.8) is 0 Å². The van der Waals surface area contributed by atoms with E-state index in [9.17, 15) is 9.59 Å². The predicted molar refractivity (Wildman–Crippen MR) is 94.0 cm³/mol. The summed E-state index contributed by atoms with van der Waals surface area (Å²) in [5, 5.41) is 4.46. The van der Waals surface area contributed by atoms with E-state index in [1.165, 1.54) is 0 Å². The molecule has 6 nitrogen and oxygen atoms in total. The van der Waals surface area contributed by atoms with Gasteiger partial charge in [-0.3, -0.25) is 9.59 Å².